The van der Waals surface area contributed by atoms with Crippen molar-refractivity contribution >= 4 is 17.7 Å². The Kier molecular flexibility index (Phi) is 18.7. The zero-order valence-corrected chi connectivity index (χ0v) is 19.7. The van der Waals surface area contributed by atoms with Crippen molar-refractivity contribution in [3.8, 4) is 0 Å². The van der Waals surface area contributed by atoms with Gasteiger partial charge in [0.05, 0.1) is 51.3 Å². The lowest BCUT2D eigenvalue weighted by Crippen LogP contribution is -2.38. The molecule has 6 N–H and O–H groups in total. The van der Waals surface area contributed by atoms with Crippen molar-refractivity contribution in [3.05, 3.63) is 25.3 Å². The number of amides is 3. The molecule has 0 saturated heterocycles. The minimum absolute atomic E-state index is 0.00925. The second kappa shape index (κ2) is 20.1. The van der Waals surface area contributed by atoms with Gasteiger partial charge in [-0.3, -0.25) is 14.4 Å². The van der Waals surface area contributed by atoms with Crippen LogP contribution >= 0.6 is 0 Å². The maximum absolute atomic E-state index is 11.5. The summed E-state index contributed by atoms with van der Waals surface area (Å²) in [7, 11) is 0. The van der Waals surface area contributed by atoms with Gasteiger partial charge in [-0.15, -0.1) is 0 Å². The summed E-state index contributed by atoms with van der Waals surface area (Å²) in [5.41, 5.74) is 0. The summed E-state index contributed by atoms with van der Waals surface area (Å²) in [6.07, 6.45) is -0.303. The zero-order valence-electron chi connectivity index (χ0n) is 19.7. The van der Waals surface area contributed by atoms with Crippen LogP contribution in [-0.4, -0.2) is 110 Å². The number of nitrogens with one attached hydrogen (secondary N) is 3. The first-order valence-electron chi connectivity index (χ1n) is 11.1. The molecular weight excluding hydrogens is 450 g/mol. The van der Waals surface area contributed by atoms with Crippen LogP contribution in [0, 0.1) is 0 Å². The van der Waals surface area contributed by atoms with Crippen LogP contribution in [0.4, 0.5) is 0 Å². The summed E-state index contributed by atoms with van der Waals surface area (Å²) in [4.78, 5) is 33.8. The van der Waals surface area contributed by atoms with Gasteiger partial charge in [-0.2, -0.15) is 0 Å². The van der Waals surface area contributed by atoms with Crippen LogP contribution in [0.15, 0.2) is 25.3 Å². The molecule has 12 heteroatoms. The fourth-order valence-corrected chi connectivity index (χ4v) is 2.37. The minimum atomic E-state index is -0.958. The van der Waals surface area contributed by atoms with Crippen LogP contribution in [0.2, 0.25) is 0 Å². The largest absolute Gasteiger partial charge is 0.389 e. The van der Waals surface area contributed by atoms with E-state index in [1.54, 1.807) is 0 Å². The smallest absolute Gasteiger partial charge is 0.243 e. The van der Waals surface area contributed by atoms with Gasteiger partial charge in [0, 0.05) is 26.1 Å². The number of aliphatic hydroxyl groups excluding tert-OH is 3. The predicted octanol–water partition coefficient (Wildman–Crippen LogP) is -1.99. The number of hydrogen-bond acceptors (Lipinski definition) is 9. The van der Waals surface area contributed by atoms with Crippen LogP contribution in [0.3, 0.4) is 0 Å². The first-order valence-corrected chi connectivity index (χ1v) is 11.1. The van der Waals surface area contributed by atoms with Crippen molar-refractivity contribution in [2.24, 2.45) is 0 Å². The first kappa shape index (κ1) is 31.6. The maximum atomic E-state index is 11.5. The van der Waals surface area contributed by atoms with E-state index in [-0.39, 0.29) is 58.6 Å². The van der Waals surface area contributed by atoms with E-state index in [9.17, 15) is 29.7 Å². The average molecular weight is 490 g/mol. The molecule has 12 nitrogen and oxygen atoms in total. The van der Waals surface area contributed by atoms with Gasteiger partial charge < -0.3 is 45.5 Å². The summed E-state index contributed by atoms with van der Waals surface area (Å²) < 4.78 is 16.5. The Morgan fingerprint density at radius 1 is 0.765 bits per heavy atom. The minimum Gasteiger partial charge on any atom is -0.389 e. The molecule has 0 radical (unpaired) electrons. The van der Waals surface area contributed by atoms with Crippen molar-refractivity contribution in [2.75, 3.05) is 52.7 Å². The second-order valence-electron chi connectivity index (χ2n) is 7.44. The fraction of sp³-hybridized carbons (Fsp3) is 0.682. The third-order valence-corrected chi connectivity index (χ3v) is 4.16. The Labute approximate surface area is 200 Å². The Bertz CT molecular complexity index is 582. The molecule has 0 aromatic rings. The van der Waals surface area contributed by atoms with E-state index in [0.29, 0.717) is 12.8 Å². The Morgan fingerprint density at radius 3 is 1.65 bits per heavy atom. The molecule has 0 heterocycles. The lowest BCUT2D eigenvalue weighted by molar-refractivity contribution is -0.123. The van der Waals surface area contributed by atoms with Gasteiger partial charge in [0.25, 0.3) is 0 Å². The summed E-state index contributed by atoms with van der Waals surface area (Å²) in [6, 6.07) is 0. The molecule has 0 aliphatic heterocycles. The molecule has 0 rings (SSSR count). The highest BCUT2D eigenvalue weighted by Crippen LogP contribution is 2.00. The maximum Gasteiger partial charge on any atom is 0.243 e. The number of carbonyl (C=O) groups is 3. The second-order valence-corrected chi connectivity index (χ2v) is 7.44. The monoisotopic (exact) mass is 489 g/mol. The SMILES string of the molecule is C=CC(=O)NCC(O)COCC(COCC(O)CNC(=O)C=C)OCC(O)CNC(=O)CCC. The summed E-state index contributed by atoms with van der Waals surface area (Å²) in [5.74, 6) is -1.01. The number of rotatable bonds is 21. The van der Waals surface area contributed by atoms with E-state index in [1.165, 1.54) is 0 Å². The van der Waals surface area contributed by atoms with Crippen LogP contribution < -0.4 is 16.0 Å². The third kappa shape index (κ3) is 18.1. The standard InChI is InChI=1S/C22H39N3O9/c1-4-7-22(31)25-10-18(28)13-34-19(14-32-11-16(26)8-23-20(29)5-2)15-33-12-17(27)9-24-21(30)6-3/h5-6,16-19,26-28H,2-4,7-15H2,1H3,(H,23,29)(H,24,30)(H,25,31). The normalized spacial score (nSPS) is 14.4. The number of aliphatic hydroxyl groups is 3. The van der Waals surface area contributed by atoms with Crippen LogP contribution in [-0.2, 0) is 28.6 Å². The quantitative estimate of drug-likeness (QED) is 0.0997. The fourth-order valence-electron chi connectivity index (χ4n) is 2.37. The Balaban J connectivity index is 4.50. The summed E-state index contributed by atoms with van der Waals surface area (Å²) >= 11 is 0. The molecular formula is C22H39N3O9. The van der Waals surface area contributed by atoms with E-state index in [2.05, 4.69) is 29.1 Å². The molecule has 0 spiro atoms. The van der Waals surface area contributed by atoms with Gasteiger partial charge in [-0.1, -0.05) is 20.1 Å². The summed E-state index contributed by atoms with van der Waals surface area (Å²) in [6.45, 7) is 8.16. The van der Waals surface area contributed by atoms with E-state index in [4.69, 9.17) is 14.2 Å². The van der Waals surface area contributed by atoms with Gasteiger partial charge >= 0.3 is 0 Å². The van der Waals surface area contributed by atoms with Crippen LogP contribution in [0.5, 0.6) is 0 Å². The Hall–Kier alpha value is -2.35. The van der Waals surface area contributed by atoms with Crippen LogP contribution in [0.25, 0.3) is 0 Å². The molecule has 196 valence electrons. The number of hydrogen-bond donors (Lipinski definition) is 6. The highest BCUT2D eigenvalue weighted by molar-refractivity contribution is 5.87. The van der Waals surface area contributed by atoms with Gasteiger partial charge in [0.1, 0.15) is 6.10 Å². The number of ether oxygens (including phenoxy) is 3. The van der Waals surface area contributed by atoms with Gasteiger partial charge in [-0.25, -0.2) is 0 Å². The van der Waals surface area contributed by atoms with Crippen molar-refractivity contribution in [1.82, 2.24) is 16.0 Å². The van der Waals surface area contributed by atoms with E-state index >= 15 is 0 Å². The highest BCUT2D eigenvalue weighted by atomic mass is 16.6. The van der Waals surface area contributed by atoms with Gasteiger partial charge in [0.15, 0.2) is 0 Å². The highest BCUT2D eigenvalue weighted by Gasteiger charge is 2.16. The average Bonchev–Trinajstić information content (AvgIpc) is 2.82. The van der Waals surface area contributed by atoms with Crippen molar-refractivity contribution in [3.63, 3.8) is 0 Å². The van der Waals surface area contributed by atoms with Gasteiger partial charge in [0.2, 0.25) is 17.7 Å². The van der Waals surface area contributed by atoms with Gasteiger partial charge in [-0.05, 0) is 18.6 Å². The molecule has 3 atom stereocenters. The lowest BCUT2D eigenvalue weighted by Gasteiger charge is -2.22. The van der Waals surface area contributed by atoms with Crippen LogP contribution in [0.1, 0.15) is 19.8 Å². The molecule has 0 bridgehead atoms. The third-order valence-electron chi connectivity index (χ3n) is 4.16. The zero-order chi connectivity index (χ0) is 25.8. The van der Waals surface area contributed by atoms with E-state index < -0.39 is 36.2 Å². The van der Waals surface area contributed by atoms with E-state index in [0.717, 1.165) is 12.2 Å². The molecule has 0 fully saturated rings. The van der Waals surface area contributed by atoms with Crippen molar-refractivity contribution in [2.45, 2.75) is 44.2 Å². The molecule has 0 aromatic heterocycles. The Morgan fingerprint density at radius 2 is 1.21 bits per heavy atom. The number of carbonyl (C=O) groups excluding carboxylic acids is 3. The molecule has 34 heavy (non-hydrogen) atoms. The summed E-state index contributed by atoms with van der Waals surface area (Å²) in [5, 5.41) is 37.2. The molecule has 3 amide bonds. The topological polar surface area (TPSA) is 176 Å². The molecule has 0 saturated carbocycles. The van der Waals surface area contributed by atoms with Crippen molar-refractivity contribution in [1.29, 1.82) is 0 Å². The first-order chi connectivity index (χ1) is 16.2. The molecule has 3 unspecified atom stereocenters. The molecule has 0 aromatic carbocycles. The molecule has 0 aliphatic rings. The lowest BCUT2D eigenvalue weighted by atomic mass is 10.3. The predicted molar refractivity (Wildman–Crippen MR) is 124 cm³/mol. The van der Waals surface area contributed by atoms with Crippen molar-refractivity contribution < 1.29 is 43.9 Å². The molecule has 0 aliphatic carbocycles. The van der Waals surface area contributed by atoms with E-state index in [1.807, 2.05) is 6.92 Å².